The van der Waals surface area contributed by atoms with Gasteiger partial charge in [0.2, 0.25) is 0 Å². The van der Waals surface area contributed by atoms with Crippen LogP contribution < -0.4 is 10.1 Å². The fraction of sp³-hybridized carbons (Fsp3) is 0.483. The van der Waals surface area contributed by atoms with E-state index in [-0.39, 0.29) is 0 Å². The number of methoxy groups -OCH3 is 1. The van der Waals surface area contributed by atoms with Crippen LogP contribution >= 0.6 is 11.6 Å². The number of nitrogens with one attached hydrogen (secondary N) is 2. The van der Waals surface area contributed by atoms with Crippen molar-refractivity contribution in [2.75, 3.05) is 21.3 Å². The molecule has 1 atom stereocenters. The van der Waals surface area contributed by atoms with Gasteiger partial charge in [-0.1, -0.05) is 30.9 Å². The molecule has 1 heterocycles. The number of carbonyl (C=O) groups is 2. The number of aromatic hydroxyl groups is 1. The first-order valence-electron chi connectivity index (χ1n) is 12.8. The number of carbonyl (C=O) groups excluding carboxylic acids is 2. The molecule has 1 unspecified atom stereocenters. The van der Waals surface area contributed by atoms with Gasteiger partial charge in [0.25, 0.3) is 0 Å². The quantitative estimate of drug-likeness (QED) is 0.284. The lowest BCUT2D eigenvalue weighted by atomic mass is 9.91. The molecule has 0 amide bonds. The molecule has 9 heteroatoms. The van der Waals surface area contributed by atoms with Crippen molar-refractivity contribution in [3.8, 4) is 11.5 Å². The number of aromatic nitrogens is 2. The number of hydrogen-bond donors (Lipinski definition) is 4. The number of aldehydes is 1. The zero-order valence-electron chi connectivity index (χ0n) is 22.9. The van der Waals surface area contributed by atoms with Crippen LogP contribution in [0, 0.1) is 5.92 Å². The third kappa shape index (κ3) is 10.4. The highest BCUT2D eigenvalue weighted by Gasteiger charge is 2.14. The summed E-state index contributed by atoms with van der Waals surface area (Å²) in [5.41, 5.74) is 3.66. The van der Waals surface area contributed by atoms with Crippen LogP contribution in [0.15, 0.2) is 30.3 Å². The van der Waals surface area contributed by atoms with Gasteiger partial charge in [-0.05, 0) is 75.5 Å². The van der Waals surface area contributed by atoms with E-state index in [1.165, 1.54) is 19.3 Å². The minimum atomic E-state index is 0.295. The standard InChI is InChI=1S/C20H24ClN3O2.C7H12O.CH4O.CH2O/c1-12(22-2)4-5-16-18(25)7-6-17-20(16)24-19(23-17)10-13-8-14(21)11-15(9-13)26-3;8-6-7-4-2-1-3-5-7;2*1-2/h6-9,11-12,22,25H,4-5,10H2,1-3H3,(H,23,24);6-7H,1-5H2;2H,1H3;1H2. The maximum atomic E-state index is 10.3. The molecule has 8 nitrogen and oxygen atoms in total. The molecule has 0 bridgehead atoms. The summed E-state index contributed by atoms with van der Waals surface area (Å²) < 4.78 is 5.28. The van der Waals surface area contributed by atoms with Gasteiger partial charge in [-0.25, -0.2) is 4.98 Å². The molecule has 0 spiro atoms. The van der Waals surface area contributed by atoms with Crippen molar-refractivity contribution in [2.45, 2.75) is 64.3 Å². The highest BCUT2D eigenvalue weighted by molar-refractivity contribution is 6.30. The van der Waals surface area contributed by atoms with Crippen molar-refractivity contribution in [1.29, 1.82) is 0 Å². The number of H-pyrrole nitrogens is 1. The number of aryl methyl sites for hydroxylation is 1. The summed E-state index contributed by atoms with van der Waals surface area (Å²) in [6.45, 7) is 4.12. The molecule has 1 aromatic heterocycles. The van der Waals surface area contributed by atoms with E-state index in [9.17, 15) is 9.90 Å². The van der Waals surface area contributed by atoms with Crippen LogP contribution in [0.3, 0.4) is 0 Å². The topological polar surface area (TPSA) is 125 Å². The zero-order valence-corrected chi connectivity index (χ0v) is 23.7. The van der Waals surface area contributed by atoms with Crippen LogP contribution in [0.2, 0.25) is 5.02 Å². The lowest BCUT2D eigenvalue weighted by molar-refractivity contribution is -0.111. The third-order valence-corrected chi connectivity index (χ3v) is 6.70. The molecular formula is C29H42ClN3O5. The minimum absolute atomic E-state index is 0.295. The normalized spacial score (nSPS) is 13.6. The Bertz CT molecular complexity index is 1100. The number of fused-ring (bicyclic) bond motifs is 1. The van der Waals surface area contributed by atoms with Crippen molar-refractivity contribution < 1.29 is 24.5 Å². The second-order valence-electron chi connectivity index (χ2n) is 9.08. The molecule has 0 radical (unpaired) electrons. The predicted molar refractivity (Wildman–Crippen MR) is 153 cm³/mol. The van der Waals surface area contributed by atoms with Crippen LogP contribution in [-0.4, -0.2) is 60.6 Å². The summed E-state index contributed by atoms with van der Waals surface area (Å²) in [5, 5.41) is 21.1. The molecule has 1 saturated carbocycles. The Labute approximate surface area is 230 Å². The number of aliphatic hydroxyl groups is 1. The number of halogens is 1. The first-order valence-corrected chi connectivity index (χ1v) is 13.2. The van der Waals surface area contributed by atoms with E-state index in [0.717, 1.165) is 72.8 Å². The van der Waals surface area contributed by atoms with E-state index in [1.807, 2.05) is 32.0 Å². The summed E-state index contributed by atoms with van der Waals surface area (Å²) in [5.74, 6) is 2.26. The maximum absolute atomic E-state index is 10.3. The maximum Gasteiger partial charge on any atom is 0.123 e. The fourth-order valence-electron chi connectivity index (χ4n) is 4.31. The molecule has 4 rings (SSSR count). The third-order valence-electron chi connectivity index (χ3n) is 6.48. The van der Waals surface area contributed by atoms with Gasteiger partial charge in [0.1, 0.15) is 30.4 Å². The van der Waals surface area contributed by atoms with E-state index in [1.54, 1.807) is 19.2 Å². The number of ether oxygens (including phenoxy) is 1. The van der Waals surface area contributed by atoms with Crippen molar-refractivity contribution in [3.63, 3.8) is 0 Å². The van der Waals surface area contributed by atoms with Crippen LogP contribution in [0.25, 0.3) is 11.0 Å². The summed E-state index contributed by atoms with van der Waals surface area (Å²) in [6, 6.07) is 9.61. The van der Waals surface area contributed by atoms with Crippen molar-refractivity contribution in [2.24, 2.45) is 5.92 Å². The van der Waals surface area contributed by atoms with E-state index >= 15 is 0 Å². The van der Waals surface area contributed by atoms with E-state index in [2.05, 4.69) is 17.2 Å². The minimum Gasteiger partial charge on any atom is -0.508 e. The molecule has 1 aliphatic rings. The van der Waals surface area contributed by atoms with Gasteiger partial charge in [0.15, 0.2) is 0 Å². The van der Waals surface area contributed by atoms with Crippen LogP contribution in [-0.2, 0) is 22.4 Å². The SMILES string of the molecule is C=O.CNC(C)CCc1c(O)ccc2[nH]c(Cc3cc(Cl)cc(OC)c3)nc12.CO.O=CC1CCCCC1. The van der Waals surface area contributed by atoms with Gasteiger partial charge in [-0.2, -0.15) is 0 Å². The largest absolute Gasteiger partial charge is 0.508 e. The molecule has 0 saturated heterocycles. The fourth-order valence-corrected chi connectivity index (χ4v) is 4.56. The van der Waals surface area contributed by atoms with Crippen LogP contribution in [0.5, 0.6) is 11.5 Å². The van der Waals surface area contributed by atoms with Gasteiger partial charge in [-0.3, -0.25) is 0 Å². The predicted octanol–water partition coefficient (Wildman–Crippen LogP) is 5.25. The molecule has 2 aromatic carbocycles. The number of aliphatic hydroxyl groups excluding tert-OH is 1. The average Bonchev–Trinajstić information content (AvgIpc) is 3.37. The Hall–Kier alpha value is -2.94. The lowest BCUT2D eigenvalue weighted by Crippen LogP contribution is -2.21. The monoisotopic (exact) mass is 547 g/mol. The van der Waals surface area contributed by atoms with Gasteiger partial charge in [0.05, 0.1) is 18.1 Å². The van der Waals surface area contributed by atoms with E-state index in [0.29, 0.717) is 29.2 Å². The van der Waals surface area contributed by atoms with Crippen molar-refractivity contribution in [3.05, 3.63) is 52.3 Å². The number of phenols is 1. The summed E-state index contributed by atoms with van der Waals surface area (Å²) in [6.07, 6.45) is 9.57. The number of benzene rings is 2. The molecule has 210 valence electrons. The average molecular weight is 548 g/mol. The number of imidazole rings is 1. The van der Waals surface area contributed by atoms with Crippen molar-refractivity contribution >= 4 is 35.7 Å². The number of aromatic amines is 1. The Morgan fingerprint density at radius 1 is 1.21 bits per heavy atom. The lowest BCUT2D eigenvalue weighted by Gasteiger charge is -2.14. The van der Waals surface area contributed by atoms with Crippen molar-refractivity contribution in [1.82, 2.24) is 15.3 Å². The Kier molecular flexibility index (Phi) is 16.0. The smallest absolute Gasteiger partial charge is 0.123 e. The molecule has 4 N–H and O–H groups in total. The highest BCUT2D eigenvalue weighted by Crippen LogP contribution is 2.29. The number of nitrogens with zero attached hydrogens (tertiary/aromatic N) is 1. The van der Waals surface area contributed by atoms with Gasteiger partial charge < -0.3 is 34.8 Å². The number of hydrogen-bond acceptors (Lipinski definition) is 7. The summed E-state index contributed by atoms with van der Waals surface area (Å²) >= 11 is 6.15. The van der Waals surface area contributed by atoms with Gasteiger partial charge in [-0.15, -0.1) is 0 Å². The molecule has 3 aromatic rings. The van der Waals surface area contributed by atoms with Gasteiger partial charge in [0, 0.05) is 36.1 Å². The molecule has 1 fully saturated rings. The van der Waals surface area contributed by atoms with Crippen LogP contribution in [0.1, 0.15) is 62.4 Å². The summed E-state index contributed by atoms with van der Waals surface area (Å²) in [4.78, 5) is 26.2. The molecule has 38 heavy (non-hydrogen) atoms. The van der Waals surface area contributed by atoms with E-state index in [4.69, 9.17) is 31.2 Å². The Morgan fingerprint density at radius 3 is 2.47 bits per heavy atom. The Morgan fingerprint density at radius 2 is 1.89 bits per heavy atom. The van der Waals surface area contributed by atoms with Crippen LogP contribution in [0.4, 0.5) is 0 Å². The highest BCUT2D eigenvalue weighted by atomic mass is 35.5. The molecular weight excluding hydrogens is 506 g/mol. The number of phenolic OH excluding ortho intramolecular Hbond substituents is 1. The zero-order chi connectivity index (χ0) is 28.5. The molecule has 0 aliphatic heterocycles. The first kappa shape index (κ1) is 33.1. The number of rotatable bonds is 8. The second kappa shape index (κ2) is 18.3. The first-order chi connectivity index (χ1) is 18.4. The second-order valence-corrected chi connectivity index (χ2v) is 9.52. The Balaban J connectivity index is 0.000000505. The molecule has 1 aliphatic carbocycles. The van der Waals surface area contributed by atoms with E-state index < -0.39 is 0 Å². The summed E-state index contributed by atoms with van der Waals surface area (Å²) in [7, 11) is 4.56. The van der Waals surface area contributed by atoms with Gasteiger partial charge >= 0.3 is 0 Å².